The van der Waals surface area contributed by atoms with E-state index >= 15 is 0 Å². The number of aryl methyl sites for hydroxylation is 1. The molecule has 6 nitrogen and oxygen atoms in total. The van der Waals surface area contributed by atoms with E-state index in [-0.39, 0.29) is 23.9 Å². The smallest absolute Gasteiger partial charge is 0.243 e. The summed E-state index contributed by atoms with van der Waals surface area (Å²) in [5, 5.41) is 1.82. The average Bonchev–Trinajstić information content (AvgIpc) is 2.87. The molecule has 0 aliphatic carbocycles. The van der Waals surface area contributed by atoms with E-state index in [0.717, 1.165) is 15.6 Å². The number of sulfonamides is 1. The third-order valence-electron chi connectivity index (χ3n) is 6.27. The SMILES string of the molecule is Cc1ccc(Cl)cc1N1CCN(C(=O)CN(Cc2ccc(Cl)cc2Cl)S(=O)(=O)c2ccc(Cl)cc2)CC1. The number of hydrogen-bond donors (Lipinski definition) is 0. The Balaban J connectivity index is 1.53. The van der Waals surface area contributed by atoms with E-state index in [4.69, 9.17) is 46.4 Å². The summed E-state index contributed by atoms with van der Waals surface area (Å²) < 4.78 is 28.3. The van der Waals surface area contributed by atoms with E-state index in [2.05, 4.69) is 4.90 Å². The largest absolute Gasteiger partial charge is 0.368 e. The van der Waals surface area contributed by atoms with Crippen molar-refractivity contribution < 1.29 is 13.2 Å². The first-order chi connectivity index (χ1) is 17.5. The summed E-state index contributed by atoms with van der Waals surface area (Å²) in [6.45, 7) is 3.74. The van der Waals surface area contributed by atoms with Gasteiger partial charge in [-0.2, -0.15) is 4.31 Å². The Bertz CT molecular complexity index is 1390. The third-order valence-corrected chi connectivity index (χ3v) is 9.15. The molecular formula is C26H25Cl4N3O3S. The summed E-state index contributed by atoms with van der Waals surface area (Å²) >= 11 is 24.5. The van der Waals surface area contributed by atoms with Crippen LogP contribution in [-0.4, -0.2) is 56.3 Å². The maximum Gasteiger partial charge on any atom is 0.243 e. The lowest BCUT2D eigenvalue weighted by Gasteiger charge is -2.37. The molecule has 1 amide bonds. The number of piperazine rings is 1. The number of rotatable bonds is 7. The monoisotopic (exact) mass is 599 g/mol. The van der Waals surface area contributed by atoms with Crippen molar-refractivity contribution in [1.82, 2.24) is 9.21 Å². The molecule has 4 rings (SSSR count). The Morgan fingerprint density at radius 2 is 1.43 bits per heavy atom. The van der Waals surface area contributed by atoms with E-state index in [1.807, 2.05) is 25.1 Å². The van der Waals surface area contributed by atoms with Crippen LogP contribution in [0, 0.1) is 6.92 Å². The molecule has 37 heavy (non-hydrogen) atoms. The van der Waals surface area contributed by atoms with Gasteiger partial charge in [-0.25, -0.2) is 8.42 Å². The van der Waals surface area contributed by atoms with Crippen LogP contribution in [0.15, 0.2) is 65.6 Å². The van der Waals surface area contributed by atoms with E-state index < -0.39 is 10.0 Å². The van der Waals surface area contributed by atoms with Crippen LogP contribution in [0.1, 0.15) is 11.1 Å². The lowest BCUT2D eigenvalue weighted by molar-refractivity contribution is -0.131. The zero-order valence-corrected chi connectivity index (χ0v) is 23.8. The van der Waals surface area contributed by atoms with Crippen molar-refractivity contribution >= 4 is 68.0 Å². The zero-order valence-electron chi connectivity index (χ0n) is 20.0. The van der Waals surface area contributed by atoms with Gasteiger partial charge in [0.1, 0.15) is 0 Å². The van der Waals surface area contributed by atoms with Crippen LogP contribution in [-0.2, 0) is 21.4 Å². The van der Waals surface area contributed by atoms with Gasteiger partial charge in [-0.1, -0.05) is 58.5 Å². The molecule has 0 N–H and O–H groups in total. The minimum Gasteiger partial charge on any atom is -0.368 e. The zero-order chi connectivity index (χ0) is 26.7. The van der Waals surface area contributed by atoms with Crippen LogP contribution in [0.5, 0.6) is 0 Å². The highest BCUT2D eigenvalue weighted by Crippen LogP contribution is 2.27. The molecule has 0 spiro atoms. The Morgan fingerprint density at radius 3 is 2.08 bits per heavy atom. The normalized spacial score (nSPS) is 14.3. The number of halogens is 4. The summed E-state index contributed by atoms with van der Waals surface area (Å²) in [5.41, 5.74) is 2.67. The van der Waals surface area contributed by atoms with Crippen LogP contribution in [0.4, 0.5) is 5.69 Å². The van der Waals surface area contributed by atoms with Gasteiger partial charge in [0.15, 0.2) is 0 Å². The summed E-state index contributed by atoms with van der Waals surface area (Å²) in [7, 11) is -4.03. The predicted molar refractivity (Wildman–Crippen MR) is 150 cm³/mol. The fourth-order valence-electron chi connectivity index (χ4n) is 4.19. The number of carbonyl (C=O) groups excluding carboxylic acids is 1. The number of hydrogen-bond acceptors (Lipinski definition) is 4. The van der Waals surface area contributed by atoms with Gasteiger partial charge in [0.25, 0.3) is 0 Å². The molecule has 0 radical (unpaired) electrons. The van der Waals surface area contributed by atoms with Gasteiger partial charge in [0.05, 0.1) is 11.4 Å². The molecule has 0 unspecified atom stereocenters. The van der Waals surface area contributed by atoms with Gasteiger partial charge in [-0.05, 0) is 66.6 Å². The van der Waals surface area contributed by atoms with Crippen LogP contribution in [0.25, 0.3) is 0 Å². The number of amides is 1. The fraction of sp³-hybridized carbons (Fsp3) is 0.269. The van der Waals surface area contributed by atoms with Crippen molar-refractivity contribution in [3.05, 3.63) is 91.9 Å². The second kappa shape index (κ2) is 11.8. The first kappa shape index (κ1) is 28.0. The second-order valence-electron chi connectivity index (χ2n) is 8.76. The van der Waals surface area contributed by atoms with Crippen molar-refractivity contribution in [2.45, 2.75) is 18.4 Å². The Labute approximate surface area is 237 Å². The Kier molecular flexibility index (Phi) is 8.94. The van der Waals surface area contributed by atoms with E-state index in [9.17, 15) is 13.2 Å². The molecule has 1 aliphatic rings. The lowest BCUT2D eigenvalue weighted by atomic mass is 10.1. The average molecular weight is 601 g/mol. The van der Waals surface area contributed by atoms with Gasteiger partial charge < -0.3 is 9.80 Å². The van der Waals surface area contributed by atoms with Gasteiger partial charge in [0, 0.05) is 58.5 Å². The minimum atomic E-state index is -4.03. The van der Waals surface area contributed by atoms with Crippen molar-refractivity contribution in [1.29, 1.82) is 0 Å². The molecule has 0 saturated carbocycles. The lowest BCUT2D eigenvalue weighted by Crippen LogP contribution is -2.52. The van der Waals surface area contributed by atoms with Crippen molar-refractivity contribution in [2.24, 2.45) is 0 Å². The van der Waals surface area contributed by atoms with Crippen molar-refractivity contribution in [3.8, 4) is 0 Å². The molecule has 196 valence electrons. The van der Waals surface area contributed by atoms with E-state index in [1.54, 1.807) is 23.1 Å². The van der Waals surface area contributed by atoms with Crippen LogP contribution in [0.2, 0.25) is 20.1 Å². The summed E-state index contributed by atoms with van der Waals surface area (Å²) in [6, 6.07) is 16.4. The molecule has 3 aromatic carbocycles. The number of anilines is 1. The van der Waals surface area contributed by atoms with Crippen LogP contribution < -0.4 is 4.90 Å². The van der Waals surface area contributed by atoms with Crippen molar-refractivity contribution in [2.75, 3.05) is 37.6 Å². The molecule has 0 aromatic heterocycles. The summed E-state index contributed by atoms with van der Waals surface area (Å²) in [6.07, 6.45) is 0. The molecule has 3 aromatic rings. The topological polar surface area (TPSA) is 60.9 Å². The van der Waals surface area contributed by atoms with Crippen LogP contribution in [0.3, 0.4) is 0 Å². The summed E-state index contributed by atoms with van der Waals surface area (Å²) in [4.78, 5) is 17.2. The molecule has 1 aliphatic heterocycles. The van der Waals surface area contributed by atoms with Gasteiger partial charge in [-0.15, -0.1) is 0 Å². The second-order valence-corrected chi connectivity index (χ2v) is 12.4. The highest BCUT2D eigenvalue weighted by molar-refractivity contribution is 7.89. The van der Waals surface area contributed by atoms with E-state index in [0.29, 0.717) is 51.8 Å². The van der Waals surface area contributed by atoms with Gasteiger partial charge in [0.2, 0.25) is 15.9 Å². The number of benzene rings is 3. The van der Waals surface area contributed by atoms with E-state index in [1.165, 1.54) is 24.3 Å². The van der Waals surface area contributed by atoms with Crippen LogP contribution >= 0.6 is 46.4 Å². The molecule has 0 bridgehead atoms. The highest BCUT2D eigenvalue weighted by Gasteiger charge is 2.31. The standard InChI is InChI=1S/C26H25Cl4N3O3S/c1-18-2-4-22(29)15-25(18)31-10-12-32(13-11-31)26(34)17-33(16-19-3-5-21(28)14-24(19)30)37(35,36)23-8-6-20(27)7-9-23/h2-9,14-15H,10-13,16-17H2,1H3. The van der Waals surface area contributed by atoms with Gasteiger partial charge >= 0.3 is 0 Å². The molecule has 1 fully saturated rings. The molecule has 1 heterocycles. The maximum atomic E-state index is 13.6. The fourth-order valence-corrected chi connectivity index (χ4v) is 6.32. The van der Waals surface area contributed by atoms with Gasteiger partial charge in [-0.3, -0.25) is 4.79 Å². The van der Waals surface area contributed by atoms with Crippen molar-refractivity contribution in [3.63, 3.8) is 0 Å². The molecule has 0 atom stereocenters. The molecule has 11 heteroatoms. The third kappa shape index (κ3) is 6.72. The predicted octanol–water partition coefficient (Wildman–Crippen LogP) is 6.15. The minimum absolute atomic E-state index is 0.0380. The summed E-state index contributed by atoms with van der Waals surface area (Å²) in [5.74, 6) is -0.287. The first-order valence-corrected chi connectivity index (χ1v) is 14.5. The highest BCUT2D eigenvalue weighted by atomic mass is 35.5. The Morgan fingerprint density at radius 1 is 0.838 bits per heavy atom. The molecule has 1 saturated heterocycles. The number of carbonyl (C=O) groups is 1. The quantitative estimate of drug-likeness (QED) is 0.326. The Hall–Kier alpha value is -2.00. The maximum absolute atomic E-state index is 13.6. The first-order valence-electron chi connectivity index (χ1n) is 11.5. The number of nitrogens with zero attached hydrogens (tertiary/aromatic N) is 3. The molecular weight excluding hydrogens is 576 g/mol.